The molecule has 0 saturated heterocycles. The Hall–Kier alpha value is -1.86. The third-order valence-corrected chi connectivity index (χ3v) is 3.47. The van der Waals surface area contributed by atoms with Gasteiger partial charge in [0, 0.05) is 24.6 Å². The normalized spacial score (nSPS) is 10.2. The molecule has 2 aromatic heterocycles. The summed E-state index contributed by atoms with van der Waals surface area (Å²) in [6.45, 7) is 0.523. The molecule has 2 aromatic rings. The van der Waals surface area contributed by atoms with Gasteiger partial charge in [-0.15, -0.1) is 11.8 Å². The first-order valence-electron chi connectivity index (χ1n) is 5.75. The average molecular weight is 311 g/mol. The number of rotatable bonds is 6. The fourth-order valence-corrected chi connectivity index (χ4v) is 2.33. The number of pyridine rings is 2. The van der Waals surface area contributed by atoms with Crippen LogP contribution >= 0.6 is 23.4 Å². The largest absolute Gasteiger partial charge is 0.363 e. The monoisotopic (exact) mass is 310 g/mol. The molecule has 0 fully saturated rings. The third-order valence-electron chi connectivity index (χ3n) is 2.32. The molecule has 0 bridgehead atoms. The Balaban J connectivity index is 1.91. The number of nitro groups is 1. The van der Waals surface area contributed by atoms with Crippen molar-refractivity contribution in [2.75, 3.05) is 17.6 Å². The van der Waals surface area contributed by atoms with Gasteiger partial charge in [-0.2, -0.15) is 0 Å². The van der Waals surface area contributed by atoms with Crippen LogP contribution in [-0.4, -0.2) is 27.2 Å². The second-order valence-corrected chi connectivity index (χ2v) is 5.20. The Morgan fingerprint density at radius 3 is 2.90 bits per heavy atom. The van der Waals surface area contributed by atoms with Crippen molar-refractivity contribution >= 4 is 34.9 Å². The van der Waals surface area contributed by atoms with Crippen LogP contribution in [0, 0.1) is 10.1 Å². The number of hydrogen-bond donors (Lipinski definition) is 1. The maximum absolute atomic E-state index is 10.9. The standard InChI is InChI=1S/C12H11ClN4O2S/c13-10-5-4-9(17(18)19)12(16-10)15-7-8-20-11-3-1-2-6-14-11/h1-6H,7-8H2,(H,15,16). The van der Waals surface area contributed by atoms with Crippen molar-refractivity contribution in [3.63, 3.8) is 0 Å². The first kappa shape index (κ1) is 14.5. The summed E-state index contributed by atoms with van der Waals surface area (Å²) in [4.78, 5) is 18.5. The van der Waals surface area contributed by atoms with Gasteiger partial charge < -0.3 is 5.32 Å². The van der Waals surface area contributed by atoms with E-state index >= 15 is 0 Å². The Morgan fingerprint density at radius 1 is 1.35 bits per heavy atom. The van der Waals surface area contributed by atoms with E-state index in [1.807, 2.05) is 18.2 Å². The highest BCUT2D eigenvalue weighted by atomic mass is 35.5. The zero-order chi connectivity index (χ0) is 14.4. The van der Waals surface area contributed by atoms with Gasteiger partial charge in [-0.1, -0.05) is 17.7 Å². The maximum Gasteiger partial charge on any atom is 0.311 e. The van der Waals surface area contributed by atoms with Crippen LogP contribution in [0.5, 0.6) is 0 Å². The predicted octanol–water partition coefficient (Wildman–Crippen LogP) is 3.24. The summed E-state index contributed by atoms with van der Waals surface area (Å²) in [6.07, 6.45) is 1.72. The van der Waals surface area contributed by atoms with Gasteiger partial charge in [-0.05, 0) is 18.2 Å². The third kappa shape index (κ3) is 4.07. The molecule has 0 atom stereocenters. The average Bonchev–Trinajstić information content (AvgIpc) is 2.44. The van der Waals surface area contributed by atoms with Gasteiger partial charge in [0.15, 0.2) is 0 Å². The Kier molecular flexibility index (Phi) is 5.14. The molecule has 0 unspecified atom stereocenters. The number of hydrogen-bond acceptors (Lipinski definition) is 6. The fourth-order valence-electron chi connectivity index (χ4n) is 1.46. The molecule has 0 aliphatic heterocycles. The minimum absolute atomic E-state index is 0.0859. The van der Waals surface area contributed by atoms with Crippen molar-refractivity contribution in [3.05, 3.63) is 51.8 Å². The van der Waals surface area contributed by atoms with Gasteiger partial charge in [-0.25, -0.2) is 9.97 Å². The molecule has 0 amide bonds. The highest BCUT2D eigenvalue weighted by Gasteiger charge is 2.14. The second kappa shape index (κ2) is 7.06. The zero-order valence-corrected chi connectivity index (χ0v) is 11.9. The first-order chi connectivity index (χ1) is 9.66. The lowest BCUT2D eigenvalue weighted by atomic mass is 10.4. The molecule has 0 radical (unpaired) electrons. The smallest absolute Gasteiger partial charge is 0.311 e. The second-order valence-electron chi connectivity index (χ2n) is 3.70. The molecule has 0 saturated carbocycles. The van der Waals surface area contributed by atoms with Crippen LogP contribution in [0.15, 0.2) is 41.6 Å². The molecular formula is C12H11ClN4O2S. The van der Waals surface area contributed by atoms with E-state index < -0.39 is 4.92 Å². The summed E-state index contributed by atoms with van der Waals surface area (Å²) in [5, 5.41) is 14.9. The van der Waals surface area contributed by atoms with Gasteiger partial charge in [0.1, 0.15) is 5.15 Å². The van der Waals surface area contributed by atoms with Gasteiger partial charge in [0.05, 0.1) is 9.95 Å². The lowest BCUT2D eigenvalue weighted by Gasteiger charge is -2.06. The number of thioether (sulfide) groups is 1. The molecular weight excluding hydrogens is 300 g/mol. The molecule has 104 valence electrons. The number of nitrogens with zero attached hydrogens (tertiary/aromatic N) is 3. The SMILES string of the molecule is O=[N+]([O-])c1ccc(Cl)nc1NCCSc1ccccn1. The molecule has 2 heterocycles. The van der Waals surface area contributed by atoms with E-state index in [-0.39, 0.29) is 16.7 Å². The lowest BCUT2D eigenvalue weighted by molar-refractivity contribution is -0.384. The predicted molar refractivity (Wildman–Crippen MR) is 79.4 cm³/mol. The number of nitrogens with one attached hydrogen (secondary N) is 1. The van der Waals surface area contributed by atoms with Gasteiger partial charge in [0.2, 0.25) is 5.82 Å². The molecule has 0 aliphatic rings. The quantitative estimate of drug-likeness (QED) is 0.290. The van der Waals surface area contributed by atoms with Crippen molar-refractivity contribution in [1.29, 1.82) is 0 Å². The molecule has 6 nitrogen and oxygen atoms in total. The number of anilines is 1. The molecule has 2 rings (SSSR count). The van der Waals surface area contributed by atoms with Crippen molar-refractivity contribution in [1.82, 2.24) is 9.97 Å². The van der Waals surface area contributed by atoms with Crippen LogP contribution in [0.4, 0.5) is 11.5 Å². The maximum atomic E-state index is 10.9. The Labute approximate surface area is 124 Å². The highest BCUT2D eigenvalue weighted by molar-refractivity contribution is 7.99. The van der Waals surface area contributed by atoms with Crippen molar-refractivity contribution in [3.8, 4) is 0 Å². The van der Waals surface area contributed by atoms with Crippen LogP contribution < -0.4 is 5.32 Å². The molecule has 0 aliphatic carbocycles. The minimum Gasteiger partial charge on any atom is -0.363 e. The van der Waals surface area contributed by atoms with E-state index in [0.717, 1.165) is 5.03 Å². The lowest BCUT2D eigenvalue weighted by Crippen LogP contribution is -2.08. The Bertz CT molecular complexity index is 597. The van der Waals surface area contributed by atoms with Crippen molar-refractivity contribution in [2.24, 2.45) is 0 Å². The minimum atomic E-state index is -0.489. The summed E-state index contributed by atoms with van der Waals surface area (Å²) in [5.41, 5.74) is -0.0859. The van der Waals surface area contributed by atoms with E-state index in [0.29, 0.717) is 12.3 Å². The van der Waals surface area contributed by atoms with Crippen molar-refractivity contribution < 1.29 is 4.92 Å². The van der Waals surface area contributed by atoms with Gasteiger partial charge in [-0.3, -0.25) is 10.1 Å². The molecule has 0 spiro atoms. The van der Waals surface area contributed by atoms with Gasteiger partial charge in [0.25, 0.3) is 0 Å². The van der Waals surface area contributed by atoms with Gasteiger partial charge >= 0.3 is 5.69 Å². The summed E-state index contributed by atoms with van der Waals surface area (Å²) >= 11 is 7.30. The van der Waals surface area contributed by atoms with E-state index in [2.05, 4.69) is 15.3 Å². The van der Waals surface area contributed by atoms with E-state index in [9.17, 15) is 10.1 Å². The Morgan fingerprint density at radius 2 is 2.20 bits per heavy atom. The highest BCUT2D eigenvalue weighted by Crippen LogP contribution is 2.24. The van der Waals surface area contributed by atoms with E-state index in [4.69, 9.17) is 11.6 Å². The van der Waals surface area contributed by atoms with Crippen LogP contribution in [0.25, 0.3) is 0 Å². The zero-order valence-electron chi connectivity index (χ0n) is 10.3. The van der Waals surface area contributed by atoms with E-state index in [1.165, 1.54) is 12.1 Å². The van der Waals surface area contributed by atoms with Crippen LogP contribution in [0.2, 0.25) is 5.15 Å². The topological polar surface area (TPSA) is 81.0 Å². The summed E-state index contributed by atoms with van der Waals surface area (Å²) < 4.78 is 0. The van der Waals surface area contributed by atoms with Crippen LogP contribution in [0.1, 0.15) is 0 Å². The molecule has 0 aromatic carbocycles. The number of aromatic nitrogens is 2. The van der Waals surface area contributed by atoms with Crippen molar-refractivity contribution in [2.45, 2.75) is 5.03 Å². The van der Waals surface area contributed by atoms with Crippen LogP contribution in [-0.2, 0) is 0 Å². The summed E-state index contributed by atoms with van der Waals surface area (Å²) in [5.74, 6) is 0.895. The van der Waals surface area contributed by atoms with E-state index in [1.54, 1.807) is 18.0 Å². The molecule has 20 heavy (non-hydrogen) atoms. The fraction of sp³-hybridized carbons (Fsp3) is 0.167. The van der Waals surface area contributed by atoms with Crippen LogP contribution in [0.3, 0.4) is 0 Å². The first-order valence-corrected chi connectivity index (χ1v) is 7.12. The number of halogens is 1. The molecule has 8 heteroatoms. The summed E-state index contributed by atoms with van der Waals surface area (Å²) in [7, 11) is 0. The molecule has 1 N–H and O–H groups in total. The summed E-state index contributed by atoms with van der Waals surface area (Å²) in [6, 6.07) is 8.40.